The minimum absolute atomic E-state index is 0.195. The molecular weight excluding hydrogens is 228 g/mol. The number of carbonyl (C=O) groups excluding carboxylic acids is 1. The van der Waals surface area contributed by atoms with Gasteiger partial charge in [0.2, 0.25) is 0 Å². The zero-order valence-electron chi connectivity index (χ0n) is 9.37. The minimum atomic E-state index is -1.21. The van der Waals surface area contributed by atoms with E-state index in [9.17, 15) is 9.90 Å². The average molecular weight is 241 g/mol. The zero-order chi connectivity index (χ0) is 12.1. The molecule has 1 aliphatic heterocycles. The van der Waals surface area contributed by atoms with Crippen molar-refractivity contribution in [3.05, 3.63) is 28.3 Å². The van der Waals surface area contributed by atoms with Gasteiger partial charge in [-0.3, -0.25) is 0 Å². The Morgan fingerprint density at radius 2 is 2.00 bits per heavy atom. The highest BCUT2D eigenvalue weighted by Crippen LogP contribution is 2.43. The van der Waals surface area contributed by atoms with Crippen LogP contribution in [0.4, 0.5) is 0 Å². The van der Waals surface area contributed by atoms with E-state index < -0.39 is 12.1 Å². The van der Waals surface area contributed by atoms with Crippen LogP contribution in [-0.2, 0) is 10.2 Å². The molecule has 1 atom stereocenters. The molecule has 16 heavy (non-hydrogen) atoms. The normalized spacial score (nSPS) is 19.6. The summed E-state index contributed by atoms with van der Waals surface area (Å²) in [6.45, 7) is 5.99. The molecule has 2 rings (SSSR count). The van der Waals surface area contributed by atoms with Crippen molar-refractivity contribution in [2.45, 2.75) is 32.3 Å². The highest BCUT2D eigenvalue weighted by atomic mass is 35.5. The van der Waals surface area contributed by atoms with Crippen LogP contribution in [-0.4, -0.2) is 11.1 Å². The van der Waals surface area contributed by atoms with E-state index in [4.69, 9.17) is 16.3 Å². The molecule has 1 unspecified atom stereocenters. The second-order valence-corrected chi connectivity index (χ2v) is 5.38. The van der Waals surface area contributed by atoms with Gasteiger partial charge < -0.3 is 9.84 Å². The van der Waals surface area contributed by atoms with E-state index in [0.717, 1.165) is 5.56 Å². The molecule has 0 saturated heterocycles. The number of halogens is 1. The molecule has 3 nitrogen and oxygen atoms in total. The Morgan fingerprint density at radius 3 is 2.56 bits per heavy atom. The van der Waals surface area contributed by atoms with Gasteiger partial charge in [0, 0.05) is 16.1 Å². The summed E-state index contributed by atoms with van der Waals surface area (Å²) in [5, 5.41) is 10.1. The van der Waals surface area contributed by atoms with E-state index in [1.807, 2.05) is 20.8 Å². The maximum atomic E-state index is 11.3. The largest absolute Gasteiger partial charge is 0.424 e. The zero-order valence-corrected chi connectivity index (χ0v) is 10.1. The SMILES string of the molecule is CC(C)(C)c1cc(Cl)cc2c1OC(=O)C2O. The summed E-state index contributed by atoms with van der Waals surface area (Å²) in [4.78, 5) is 11.3. The molecular formula is C12H13ClO3. The summed E-state index contributed by atoms with van der Waals surface area (Å²) in [5.74, 6) is -0.183. The predicted octanol–water partition coefficient (Wildman–Crippen LogP) is 2.59. The third kappa shape index (κ3) is 1.70. The van der Waals surface area contributed by atoms with Crippen LogP contribution in [0, 0.1) is 0 Å². The summed E-state index contributed by atoms with van der Waals surface area (Å²) in [6, 6.07) is 3.34. The van der Waals surface area contributed by atoms with Gasteiger partial charge in [-0.15, -0.1) is 0 Å². The van der Waals surface area contributed by atoms with Crippen molar-refractivity contribution in [2.24, 2.45) is 0 Å². The number of rotatable bonds is 0. The maximum Gasteiger partial charge on any atom is 0.345 e. The number of hydrogen-bond donors (Lipinski definition) is 1. The molecule has 0 aliphatic carbocycles. The number of aliphatic hydroxyl groups is 1. The lowest BCUT2D eigenvalue weighted by molar-refractivity contribution is -0.140. The van der Waals surface area contributed by atoms with E-state index in [1.54, 1.807) is 12.1 Å². The Bertz CT molecular complexity index is 460. The number of benzene rings is 1. The first kappa shape index (κ1) is 11.4. The first-order chi connectivity index (χ1) is 7.30. The molecule has 0 saturated carbocycles. The van der Waals surface area contributed by atoms with Crippen molar-refractivity contribution in [3.63, 3.8) is 0 Å². The van der Waals surface area contributed by atoms with Crippen molar-refractivity contribution in [1.29, 1.82) is 0 Å². The number of fused-ring (bicyclic) bond motifs is 1. The highest BCUT2D eigenvalue weighted by molar-refractivity contribution is 6.30. The van der Waals surface area contributed by atoms with Gasteiger partial charge in [0.05, 0.1) is 0 Å². The first-order valence-electron chi connectivity index (χ1n) is 5.04. The van der Waals surface area contributed by atoms with E-state index in [2.05, 4.69) is 0 Å². The van der Waals surface area contributed by atoms with Crippen molar-refractivity contribution < 1.29 is 14.6 Å². The molecule has 86 valence electrons. The molecule has 0 fully saturated rings. The monoisotopic (exact) mass is 240 g/mol. The highest BCUT2D eigenvalue weighted by Gasteiger charge is 2.36. The van der Waals surface area contributed by atoms with E-state index in [-0.39, 0.29) is 5.41 Å². The van der Waals surface area contributed by atoms with Crippen LogP contribution in [0.15, 0.2) is 12.1 Å². The van der Waals surface area contributed by atoms with Crippen molar-refractivity contribution >= 4 is 17.6 Å². The standard InChI is InChI=1S/C12H13ClO3/c1-12(2,3)8-5-6(13)4-7-9(14)11(15)16-10(7)8/h4-5,9,14H,1-3H3. The Hall–Kier alpha value is -1.06. The molecule has 0 amide bonds. The molecule has 1 aromatic rings. The van der Waals surface area contributed by atoms with Crippen LogP contribution in [0.2, 0.25) is 5.02 Å². The lowest BCUT2D eigenvalue weighted by Gasteiger charge is -2.21. The molecule has 1 aliphatic rings. The molecule has 1 aromatic carbocycles. The quantitative estimate of drug-likeness (QED) is 0.560. The van der Waals surface area contributed by atoms with Crippen molar-refractivity contribution in [2.75, 3.05) is 0 Å². The van der Waals surface area contributed by atoms with Gasteiger partial charge in [-0.05, 0) is 17.5 Å². The Morgan fingerprint density at radius 1 is 1.38 bits per heavy atom. The third-order valence-electron chi connectivity index (χ3n) is 2.61. The van der Waals surface area contributed by atoms with Gasteiger partial charge >= 0.3 is 5.97 Å². The number of esters is 1. The summed E-state index contributed by atoms with van der Waals surface area (Å²) in [5.41, 5.74) is 1.10. The average Bonchev–Trinajstić information content (AvgIpc) is 2.42. The topological polar surface area (TPSA) is 46.5 Å². The molecule has 1 heterocycles. The molecule has 4 heteroatoms. The van der Waals surface area contributed by atoms with Crippen LogP contribution < -0.4 is 4.74 Å². The fourth-order valence-electron chi connectivity index (χ4n) is 1.77. The van der Waals surface area contributed by atoms with Gasteiger partial charge in [-0.25, -0.2) is 4.79 Å². The minimum Gasteiger partial charge on any atom is -0.424 e. The van der Waals surface area contributed by atoms with Crippen LogP contribution in [0.25, 0.3) is 0 Å². The fourth-order valence-corrected chi connectivity index (χ4v) is 2.00. The lowest BCUT2D eigenvalue weighted by Crippen LogP contribution is -2.13. The number of hydrogen-bond acceptors (Lipinski definition) is 3. The second-order valence-electron chi connectivity index (χ2n) is 4.95. The lowest BCUT2D eigenvalue weighted by atomic mass is 9.85. The van der Waals surface area contributed by atoms with Crippen LogP contribution in [0.1, 0.15) is 38.0 Å². The van der Waals surface area contributed by atoms with E-state index in [1.165, 1.54) is 0 Å². The van der Waals surface area contributed by atoms with Crippen molar-refractivity contribution in [3.8, 4) is 5.75 Å². The van der Waals surface area contributed by atoms with Gasteiger partial charge in [-0.2, -0.15) is 0 Å². The first-order valence-corrected chi connectivity index (χ1v) is 5.42. The molecule has 1 N–H and O–H groups in total. The van der Waals surface area contributed by atoms with Crippen molar-refractivity contribution in [1.82, 2.24) is 0 Å². The molecule has 0 spiro atoms. The van der Waals surface area contributed by atoms with E-state index in [0.29, 0.717) is 16.3 Å². The smallest absolute Gasteiger partial charge is 0.345 e. The number of carbonyl (C=O) groups is 1. The Labute approximate surface area is 99.0 Å². The molecule has 0 aromatic heterocycles. The summed E-state index contributed by atoms with van der Waals surface area (Å²) >= 11 is 5.97. The van der Waals surface area contributed by atoms with Gasteiger partial charge in [0.1, 0.15) is 5.75 Å². The predicted molar refractivity (Wildman–Crippen MR) is 60.7 cm³/mol. The molecule has 0 radical (unpaired) electrons. The van der Waals surface area contributed by atoms with E-state index >= 15 is 0 Å². The summed E-state index contributed by atoms with van der Waals surface area (Å²) in [6.07, 6.45) is -1.21. The summed E-state index contributed by atoms with van der Waals surface area (Å²) in [7, 11) is 0. The van der Waals surface area contributed by atoms with Gasteiger partial charge in [-0.1, -0.05) is 32.4 Å². The number of aliphatic hydroxyl groups excluding tert-OH is 1. The van der Waals surface area contributed by atoms with Gasteiger partial charge in [0.15, 0.2) is 6.10 Å². The van der Waals surface area contributed by atoms with Crippen LogP contribution in [0.5, 0.6) is 5.75 Å². The summed E-state index contributed by atoms with van der Waals surface area (Å²) < 4.78 is 5.08. The van der Waals surface area contributed by atoms with Gasteiger partial charge in [0.25, 0.3) is 0 Å². The molecule has 0 bridgehead atoms. The Balaban J connectivity index is 2.67. The number of ether oxygens (including phenoxy) is 1. The Kier molecular flexibility index (Phi) is 2.48. The fraction of sp³-hybridized carbons (Fsp3) is 0.417. The third-order valence-corrected chi connectivity index (χ3v) is 2.83. The van der Waals surface area contributed by atoms with Crippen LogP contribution in [0.3, 0.4) is 0 Å². The maximum absolute atomic E-state index is 11.3. The van der Waals surface area contributed by atoms with Crippen LogP contribution >= 0.6 is 11.6 Å². The second kappa shape index (κ2) is 3.47.